The summed E-state index contributed by atoms with van der Waals surface area (Å²) in [6.07, 6.45) is 2.51. The molecule has 0 aliphatic carbocycles. The maximum Gasteiger partial charge on any atom is 0.220 e. The molecule has 3 heteroatoms. The predicted molar refractivity (Wildman–Crippen MR) is 55.3 cm³/mol. The summed E-state index contributed by atoms with van der Waals surface area (Å²) < 4.78 is 0. The average Bonchev–Trinajstić information content (AvgIpc) is 2.03. The molecule has 0 aliphatic heterocycles. The van der Waals surface area contributed by atoms with Crippen molar-refractivity contribution in [3.05, 3.63) is 11.6 Å². The molecule has 0 spiro atoms. The first kappa shape index (κ1) is 12.2. The Morgan fingerprint density at radius 3 is 2.62 bits per heavy atom. The van der Waals surface area contributed by atoms with E-state index in [0.29, 0.717) is 19.5 Å². The van der Waals surface area contributed by atoms with E-state index >= 15 is 0 Å². The lowest BCUT2D eigenvalue weighted by Crippen LogP contribution is -2.27. The van der Waals surface area contributed by atoms with Gasteiger partial charge in [-0.25, -0.2) is 0 Å². The molecule has 0 radical (unpaired) electrons. The molecule has 13 heavy (non-hydrogen) atoms. The van der Waals surface area contributed by atoms with Crippen LogP contribution in [0.5, 0.6) is 0 Å². The summed E-state index contributed by atoms with van der Waals surface area (Å²) in [5, 5.41) is 2.81. The highest BCUT2D eigenvalue weighted by Gasteiger charge is 2.05. The molecule has 0 heterocycles. The van der Waals surface area contributed by atoms with E-state index in [-0.39, 0.29) is 11.8 Å². The highest BCUT2D eigenvalue weighted by atomic mass is 16.1. The van der Waals surface area contributed by atoms with Crippen LogP contribution in [0, 0.1) is 5.92 Å². The number of hydrogen-bond acceptors (Lipinski definition) is 2. The summed E-state index contributed by atoms with van der Waals surface area (Å²) in [7, 11) is 0. The molecule has 1 amide bonds. The van der Waals surface area contributed by atoms with Gasteiger partial charge < -0.3 is 11.1 Å². The molecule has 0 fully saturated rings. The predicted octanol–water partition coefficient (Wildman–Crippen LogP) is 1.05. The van der Waals surface area contributed by atoms with Crippen LogP contribution >= 0.6 is 0 Å². The number of carbonyl (C=O) groups excluding carboxylic acids is 1. The normalized spacial score (nSPS) is 12.0. The summed E-state index contributed by atoms with van der Waals surface area (Å²) in [6.45, 7) is 7.18. The number of allylic oxidation sites excluding steroid dienone is 1. The van der Waals surface area contributed by atoms with Gasteiger partial charge in [-0.3, -0.25) is 4.79 Å². The van der Waals surface area contributed by atoms with Gasteiger partial charge in [-0.2, -0.15) is 0 Å². The summed E-state index contributed by atoms with van der Waals surface area (Å²) in [6, 6.07) is 0. The first-order valence-corrected chi connectivity index (χ1v) is 4.66. The van der Waals surface area contributed by atoms with Crippen molar-refractivity contribution < 1.29 is 4.79 Å². The van der Waals surface area contributed by atoms with Crippen LogP contribution in [0.4, 0.5) is 0 Å². The summed E-state index contributed by atoms with van der Waals surface area (Å²) in [5.74, 6) is 0.349. The van der Waals surface area contributed by atoms with Crippen molar-refractivity contribution >= 4 is 5.91 Å². The van der Waals surface area contributed by atoms with Crippen molar-refractivity contribution in [1.29, 1.82) is 0 Å². The Hall–Kier alpha value is -0.830. The fraction of sp³-hybridized carbons (Fsp3) is 0.700. The fourth-order valence-electron chi connectivity index (χ4n) is 0.841. The Labute approximate surface area is 80.4 Å². The summed E-state index contributed by atoms with van der Waals surface area (Å²) in [4.78, 5) is 11.2. The lowest BCUT2D eigenvalue weighted by molar-refractivity contribution is -0.121. The molecule has 3 nitrogen and oxygen atoms in total. The van der Waals surface area contributed by atoms with E-state index in [9.17, 15) is 4.79 Å². The van der Waals surface area contributed by atoms with E-state index in [0.717, 1.165) is 0 Å². The first-order chi connectivity index (χ1) is 6.06. The van der Waals surface area contributed by atoms with E-state index < -0.39 is 0 Å². The summed E-state index contributed by atoms with van der Waals surface area (Å²) >= 11 is 0. The van der Waals surface area contributed by atoms with Gasteiger partial charge >= 0.3 is 0 Å². The first-order valence-electron chi connectivity index (χ1n) is 4.66. The lowest BCUT2D eigenvalue weighted by Gasteiger charge is -2.07. The highest BCUT2D eigenvalue weighted by molar-refractivity contribution is 5.76. The molecule has 1 unspecified atom stereocenters. The van der Waals surface area contributed by atoms with Crippen LogP contribution in [-0.4, -0.2) is 19.0 Å². The van der Waals surface area contributed by atoms with Crippen molar-refractivity contribution in [2.75, 3.05) is 13.1 Å². The number of rotatable bonds is 5. The lowest BCUT2D eigenvalue weighted by atomic mass is 10.1. The quantitative estimate of drug-likeness (QED) is 0.628. The van der Waals surface area contributed by atoms with Crippen LogP contribution in [0.15, 0.2) is 11.6 Å². The molecule has 0 aromatic rings. The fourth-order valence-corrected chi connectivity index (χ4v) is 0.841. The zero-order chi connectivity index (χ0) is 10.3. The van der Waals surface area contributed by atoms with Crippen LogP contribution in [0.3, 0.4) is 0 Å². The molecule has 0 saturated heterocycles. The number of hydrogen-bond donors (Lipinski definition) is 2. The van der Waals surface area contributed by atoms with Crippen LogP contribution in [0.1, 0.15) is 27.2 Å². The standard InChI is InChI=1S/C10H20N2O/c1-8(2)4-5-12-10(13)6-9(3)7-11/h4,9H,5-7,11H2,1-3H3,(H,12,13). The van der Waals surface area contributed by atoms with E-state index in [1.165, 1.54) is 5.57 Å². The molecule has 0 saturated carbocycles. The Kier molecular flexibility index (Phi) is 6.24. The monoisotopic (exact) mass is 184 g/mol. The Morgan fingerprint density at radius 1 is 1.54 bits per heavy atom. The Bertz CT molecular complexity index is 183. The highest BCUT2D eigenvalue weighted by Crippen LogP contribution is 1.97. The SMILES string of the molecule is CC(C)=CCNC(=O)CC(C)CN. The molecule has 0 bridgehead atoms. The average molecular weight is 184 g/mol. The minimum Gasteiger partial charge on any atom is -0.353 e. The van der Waals surface area contributed by atoms with Gasteiger partial charge in [0.15, 0.2) is 0 Å². The molecular weight excluding hydrogens is 164 g/mol. The van der Waals surface area contributed by atoms with Crippen molar-refractivity contribution in [1.82, 2.24) is 5.32 Å². The third-order valence-corrected chi connectivity index (χ3v) is 1.75. The third kappa shape index (κ3) is 7.53. The number of carbonyl (C=O) groups is 1. The topological polar surface area (TPSA) is 55.1 Å². The second kappa shape index (κ2) is 6.66. The van der Waals surface area contributed by atoms with E-state index in [1.807, 2.05) is 26.8 Å². The van der Waals surface area contributed by atoms with Gasteiger partial charge in [-0.05, 0) is 26.3 Å². The minimum atomic E-state index is 0.0791. The number of amides is 1. The Balaban J connectivity index is 3.58. The zero-order valence-corrected chi connectivity index (χ0v) is 8.76. The molecule has 0 rings (SSSR count). The van der Waals surface area contributed by atoms with Gasteiger partial charge in [-0.15, -0.1) is 0 Å². The van der Waals surface area contributed by atoms with Gasteiger partial charge in [0.05, 0.1) is 0 Å². The zero-order valence-electron chi connectivity index (χ0n) is 8.76. The van der Waals surface area contributed by atoms with Crippen molar-refractivity contribution in [2.24, 2.45) is 11.7 Å². The molecule has 0 aromatic carbocycles. The Morgan fingerprint density at radius 2 is 2.15 bits per heavy atom. The second-order valence-electron chi connectivity index (χ2n) is 3.63. The molecule has 3 N–H and O–H groups in total. The minimum absolute atomic E-state index is 0.0791. The number of nitrogens with two attached hydrogens (primary N) is 1. The smallest absolute Gasteiger partial charge is 0.220 e. The largest absolute Gasteiger partial charge is 0.353 e. The van der Waals surface area contributed by atoms with Crippen molar-refractivity contribution in [2.45, 2.75) is 27.2 Å². The van der Waals surface area contributed by atoms with E-state index in [4.69, 9.17) is 5.73 Å². The van der Waals surface area contributed by atoms with Crippen molar-refractivity contribution in [3.63, 3.8) is 0 Å². The number of nitrogens with one attached hydrogen (secondary N) is 1. The third-order valence-electron chi connectivity index (χ3n) is 1.75. The van der Waals surface area contributed by atoms with Gasteiger partial charge in [0.2, 0.25) is 5.91 Å². The van der Waals surface area contributed by atoms with Crippen LogP contribution in [-0.2, 0) is 4.79 Å². The molecule has 0 aliphatic rings. The summed E-state index contributed by atoms with van der Waals surface area (Å²) in [5.41, 5.74) is 6.62. The maximum absolute atomic E-state index is 11.2. The van der Waals surface area contributed by atoms with Crippen LogP contribution in [0.25, 0.3) is 0 Å². The van der Waals surface area contributed by atoms with E-state index in [2.05, 4.69) is 5.32 Å². The van der Waals surface area contributed by atoms with E-state index in [1.54, 1.807) is 0 Å². The van der Waals surface area contributed by atoms with Crippen LogP contribution in [0.2, 0.25) is 0 Å². The van der Waals surface area contributed by atoms with Gasteiger partial charge in [-0.1, -0.05) is 18.6 Å². The second-order valence-corrected chi connectivity index (χ2v) is 3.63. The van der Waals surface area contributed by atoms with Gasteiger partial charge in [0.25, 0.3) is 0 Å². The molecule has 0 aromatic heterocycles. The molecular formula is C10H20N2O. The van der Waals surface area contributed by atoms with Crippen molar-refractivity contribution in [3.8, 4) is 0 Å². The molecule has 76 valence electrons. The van der Waals surface area contributed by atoms with Crippen LogP contribution < -0.4 is 11.1 Å². The maximum atomic E-state index is 11.2. The molecule has 1 atom stereocenters. The van der Waals surface area contributed by atoms with Gasteiger partial charge in [0.1, 0.15) is 0 Å². The van der Waals surface area contributed by atoms with Gasteiger partial charge in [0, 0.05) is 13.0 Å².